The number of halogens is 1. The van der Waals surface area contributed by atoms with Gasteiger partial charge in [-0.25, -0.2) is 9.97 Å². The minimum atomic E-state index is 0.279. The first-order chi connectivity index (χ1) is 8.29. The number of carbonyl (C=O) groups excluding carboxylic acids is 1. The normalized spacial score (nSPS) is 15.7. The number of nitrogens with zero attached hydrogens (tertiary/aromatic N) is 3. The number of aromatic nitrogens is 2. The summed E-state index contributed by atoms with van der Waals surface area (Å²) in [7, 11) is 0. The molecule has 1 N–H and O–H groups in total. The Bertz CT molecular complexity index is 396. The maximum Gasteiger partial charge on any atom is 0.207 e. The van der Waals surface area contributed by atoms with Gasteiger partial charge in [-0.05, 0) is 0 Å². The van der Waals surface area contributed by atoms with E-state index < -0.39 is 0 Å². The third kappa shape index (κ3) is 3.28. The van der Waals surface area contributed by atoms with E-state index in [1.807, 2.05) is 0 Å². The lowest BCUT2D eigenvalue weighted by Crippen LogP contribution is -2.37. The smallest absolute Gasteiger partial charge is 0.207 e. The first kappa shape index (κ1) is 12.1. The monoisotopic (exact) mass is 256 g/mol. The summed E-state index contributed by atoms with van der Waals surface area (Å²) < 4.78 is 5.27. The second kappa shape index (κ2) is 5.79. The number of carbonyl (C=O) groups is 1. The van der Waals surface area contributed by atoms with Gasteiger partial charge in [0.05, 0.1) is 19.8 Å². The number of hydrogen-bond acceptors (Lipinski definition) is 5. The molecule has 1 aliphatic heterocycles. The van der Waals surface area contributed by atoms with Crippen molar-refractivity contribution >= 4 is 23.8 Å². The molecular formula is C10H13ClN4O2. The van der Waals surface area contributed by atoms with Crippen LogP contribution in [0.1, 0.15) is 5.82 Å². The third-order valence-electron chi connectivity index (χ3n) is 2.41. The summed E-state index contributed by atoms with van der Waals surface area (Å²) in [6, 6.07) is 1.72. The fourth-order valence-corrected chi connectivity index (χ4v) is 1.81. The van der Waals surface area contributed by atoms with Gasteiger partial charge in [0.25, 0.3) is 0 Å². The van der Waals surface area contributed by atoms with Gasteiger partial charge < -0.3 is 15.0 Å². The molecule has 1 amide bonds. The standard InChI is InChI=1S/C10H13ClN4O2/c11-8-5-10(15-1-3-17-4-2-15)14-9(13-8)6-12-7-16/h5,7H,1-4,6H2,(H,12,16). The molecule has 1 aliphatic rings. The average Bonchev–Trinajstić information content (AvgIpc) is 2.37. The molecule has 1 aromatic rings. The molecule has 2 heterocycles. The molecule has 6 nitrogen and oxygen atoms in total. The molecule has 1 saturated heterocycles. The van der Waals surface area contributed by atoms with Crippen molar-refractivity contribution in [1.82, 2.24) is 15.3 Å². The van der Waals surface area contributed by atoms with E-state index in [4.69, 9.17) is 16.3 Å². The summed E-state index contributed by atoms with van der Waals surface area (Å²) in [5, 5.41) is 2.89. The fourth-order valence-electron chi connectivity index (χ4n) is 1.62. The highest BCUT2D eigenvalue weighted by Gasteiger charge is 2.14. The van der Waals surface area contributed by atoms with Gasteiger partial charge in [0.2, 0.25) is 6.41 Å². The lowest BCUT2D eigenvalue weighted by atomic mass is 10.4. The van der Waals surface area contributed by atoms with Crippen LogP contribution in [0.5, 0.6) is 0 Å². The maximum atomic E-state index is 10.2. The van der Waals surface area contributed by atoms with E-state index in [1.54, 1.807) is 6.07 Å². The number of hydrogen-bond donors (Lipinski definition) is 1. The molecule has 17 heavy (non-hydrogen) atoms. The van der Waals surface area contributed by atoms with Gasteiger partial charge >= 0.3 is 0 Å². The quantitative estimate of drug-likeness (QED) is 0.616. The summed E-state index contributed by atoms with van der Waals surface area (Å²) in [5.41, 5.74) is 0. The van der Waals surface area contributed by atoms with E-state index in [9.17, 15) is 4.79 Å². The Labute approximate surface area is 104 Å². The van der Waals surface area contributed by atoms with Crippen LogP contribution in [0.15, 0.2) is 6.07 Å². The van der Waals surface area contributed by atoms with E-state index in [-0.39, 0.29) is 6.54 Å². The van der Waals surface area contributed by atoms with Crippen LogP contribution in [0.4, 0.5) is 5.82 Å². The highest BCUT2D eigenvalue weighted by Crippen LogP contribution is 2.17. The van der Waals surface area contributed by atoms with Crippen molar-refractivity contribution in [2.24, 2.45) is 0 Å². The van der Waals surface area contributed by atoms with Gasteiger partial charge in [0.1, 0.15) is 11.0 Å². The number of nitrogens with one attached hydrogen (secondary N) is 1. The zero-order valence-electron chi connectivity index (χ0n) is 9.23. The molecule has 0 saturated carbocycles. The Balaban J connectivity index is 2.14. The summed E-state index contributed by atoms with van der Waals surface area (Å²) in [6.45, 7) is 3.22. The number of rotatable bonds is 4. The number of ether oxygens (including phenoxy) is 1. The molecule has 1 aromatic heterocycles. The average molecular weight is 257 g/mol. The molecular weight excluding hydrogens is 244 g/mol. The number of anilines is 1. The Morgan fingerprint density at radius 2 is 2.24 bits per heavy atom. The van der Waals surface area contributed by atoms with Crippen LogP contribution in [0.3, 0.4) is 0 Å². The molecule has 0 aromatic carbocycles. The molecule has 1 fully saturated rings. The highest BCUT2D eigenvalue weighted by molar-refractivity contribution is 6.29. The molecule has 7 heteroatoms. The van der Waals surface area contributed by atoms with Gasteiger partial charge in [-0.3, -0.25) is 4.79 Å². The van der Waals surface area contributed by atoms with Gasteiger partial charge in [-0.2, -0.15) is 0 Å². The summed E-state index contributed by atoms with van der Waals surface area (Å²) >= 11 is 5.92. The summed E-state index contributed by atoms with van der Waals surface area (Å²) in [5.74, 6) is 1.28. The Hall–Kier alpha value is -1.40. The zero-order valence-corrected chi connectivity index (χ0v) is 9.98. The topological polar surface area (TPSA) is 67.4 Å². The van der Waals surface area contributed by atoms with Crippen molar-refractivity contribution in [1.29, 1.82) is 0 Å². The van der Waals surface area contributed by atoms with Gasteiger partial charge in [-0.1, -0.05) is 11.6 Å². The number of amides is 1. The van der Waals surface area contributed by atoms with Gasteiger partial charge in [0.15, 0.2) is 5.82 Å². The van der Waals surface area contributed by atoms with Crippen molar-refractivity contribution in [2.45, 2.75) is 6.54 Å². The van der Waals surface area contributed by atoms with E-state index in [1.165, 1.54) is 0 Å². The van der Waals surface area contributed by atoms with Crippen LogP contribution in [-0.4, -0.2) is 42.7 Å². The van der Waals surface area contributed by atoms with Crippen LogP contribution in [0.2, 0.25) is 5.15 Å². The van der Waals surface area contributed by atoms with Crippen LogP contribution < -0.4 is 10.2 Å². The van der Waals surface area contributed by atoms with Gasteiger partial charge in [0, 0.05) is 19.2 Å². The fraction of sp³-hybridized carbons (Fsp3) is 0.500. The zero-order chi connectivity index (χ0) is 12.1. The lowest BCUT2D eigenvalue weighted by Gasteiger charge is -2.28. The van der Waals surface area contributed by atoms with Crippen molar-refractivity contribution in [2.75, 3.05) is 31.2 Å². The largest absolute Gasteiger partial charge is 0.378 e. The van der Waals surface area contributed by atoms with Crippen LogP contribution in [0.25, 0.3) is 0 Å². The first-order valence-corrected chi connectivity index (χ1v) is 5.70. The van der Waals surface area contributed by atoms with E-state index in [2.05, 4.69) is 20.2 Å². The van der Waals surface area contributed by atoms with E-state index >= 15 is 0 Å². The molecule has 92 valence electrons. The predicted molar refractivity (Wildman–Crippen MR) is 63.0 cm³/mol. The van der Waals surface area contributed by atoms with Crippen molar-refractivity contribution in [3.05, 3.63) is 17.0 Å². The maximum absolute atomic E-state index is 10.2. The SMILES string of the molecule is O=CNCc1nc(Cl)cc(N2CCOCC2)n1. The molecule has 2 rings (SSSR count). The minimum Gasteiger partial charge on any atom is -0.378 e. The van der Waals surface area contributed by atoms with Crippen LogP contribution in [0, 0.1) is 0 Å². The highest BCUT2D eigenvalue weighted by atomic mass is 35.5. The molecule has 0 aliphatic carbocycles. The molecule has 0 radical (unpaired) electrons. The van der Waals surface area contributed by atoms with Crippen molar-refractivity contribution in [3.63, 3.8) is 0 Å². The van der Waals surface area contributed by atoms with Crippen LogP contribution in [-0.2, 0) is 16.1 Å². The molecule has 0 bridgehead atoms. The number of morpholine rings is 1. The Morgan fingerprint density at radius 3 is 2.94 bits per heavy atom. The van der Waals surface area contributed by atoms with Crippen molar-refractivity contribution < 1.29 is 9.53 Å². The summed E-state index contributed by atoms with van der Waals surface area (Å²) in [6.07, 6.45) is 0.610. The third-order valence-corrected chi connectivity index (χ3v) is 2.60. The molecule has 0 unspecified atom stereocenters. The van der Waals surface area contributed by atoms with E-state index in [0.717, 1.165) is 18.9 Å². The van der Waals surface area contributed by atoms with Crippen molar-refractivity contribution in [3.8, 4) is 0 Å². The van der Waals surface area contributed by atoms with Gasteiger partial charge in [-0.15, -0.1) is 0 Å². The Morgan fingerprint density at radius 1 is 1.47 bits per heavy atom. The second-order valence-electron chi connectivity index (χ2n) is 3.56. The molecule has 0 atom stereocenters. The predicted octanol–water partition coefficient (Wildman–Crippen LogP) is 0.213. The second-order valence-corrected chi connectivity index (χ2v) is 3.95. The molecule has 0 spiro atoms. The first-order valence-electron chi connectivity index (χ1n) is 5.33. The lowest BCUT2D eigenvalue weighted by molar-refractivity contribution is -0.109. The Kier molecular flexibility index (Phi) is 4.11. The summed E-state index contributed by atoms with van der Waals surface area (Å²) in [4.78, 5) is 20.7. The van der Waals surface area contributed by atoms with E-state index in [0.29, 0.717) is 30.6 Å². The minimum absolute atomic E-state index is 0.279. The van der Waals surface area contributed by atoms with Crippen LogP contribution >= 0.6 is 11.6 Å².